The van der Waals surface area contributed by atoms with Gasteiger partial charge in [0, 0.05) is 49.7 Å². The summed E-state index contributed by atoms with van der Waals surface area (Å²) in [4.78, 5) is 15.2. The fourth-order valence-electron chi connectivity index (χ4n) is 2.88. The van der Waals surface area contributed by atoms with Gasteiger partial charge in [0.1, 0.15) is 4.21 Å². The van der Waals surface area contributed by atoms with E-state index in [2.05, 4.69) is 10.2 Å². The molecule has 0 atom stereocenters. The lowest BCUT2D eigenvalue weighted by Gasteiger charge is -2.33. The van der Waals surface area contributed by atoms with Crippen LogP contribution in [0.25, 0.3) is 0 Å². The Morgan fingerprint density at radius 3 is 2.38 bits per heavy atom. The number of anilines is 1. The highest BCUT2D eigenvalue weighted by molar-refractivity contribution is 7.91. The molecular formula is C18H23N3O3S2. The number of nitrogens with zero attached hydrogens (tertiary/aromatic N) is 2. The Labute approximate surface area is 158 Å². The molecule has 1 N–H and O–H groups in total. The predicted octanol–water partition coefficient (Wildman–Crippen LogP) is 2.39. The topological polar surface area (TPSA) is 69.7 Å². The van der Waals surface area contributed by atoms with Crippen LogP contribution < -0.4 is 5.32 Å². The lowest BCUT2D eigenvalue weighted by atomic mass is 10.3. The molecule has 0 aliphatic carbocycles. The Bertz CT molecular complexity index is 842. The summed E-state index contributed by atoms with van der Waals surface area (Å²) in [5.41, 5.74) is 0.791. The number of para-hydroxylation sites is 1. The Morgan fingerprint density at radius 2 is 1.77 bits per heavy atom. The number of hydrogen-bond acceptors (Lipinski definition) is 5. The highest BCUT2D eigenvalue weighted by atomic mass is 32.2. The van der Waals surface area contributed by atoms with Crippen molar-refractivity contribution < 1.29 is 13.2 Å². The number of rotatable bonds is 6. The second-order valence-corrected chi connectivity index (χ2v) is 9.73. The van der Waals surface area contributed by atoms with E-state index in [1.807, 2.05) is 43.3 Å². The maximum Gasteiger partial charge on any atom is 0.252 e. The van der Waals surface area contributed by atoms with E-state index in [4.69, 9.17) is 0 Å². The summed E-state index contributed by atoms with van der Waals surface area (Å²) in [5, 5.41) is 2.87. The number of amides is 1. The van der Waals surface area contributed by atoms with Crippen molar-refractivity contribution >= 4 is 33.0 Å². The van der Waals surface area contributed by atoms with Gasteiger partial charge >= 0.3 is 0 Å². The first-order valence-corrected chi connectivity index (χ1v) is 10.8. The highest BCUT2D eigenvalue weighted by Crippen LogP contribution is 2.25. The Morgan fingerprint density at radius 1 is 1.08 bits per heavy atom. The minimum atomic E-state index is -3.39. The van der Waals surface area contributed by atoms with Crippen molar-refractivity contribution in [3.63, 3.8) is 0 Å². The molecule has 140 valence electrons. The van der Waals surface area contributed by atoms with Crippen LogP contribution in [0.5, 0.6) is 0 Å². The number of benzene rings is 1. The smallest absolute Gasteiger partial charge is 0.252 e. The lowest BCUT2D eigenvalue weighted by molar-refractivity contribution is -0.116. The van der Waals surface area contributed by atoms with Gasteiger partial charge in [-0.15, -0.1) is 11.3 Å². The Hall–Kier alpha value is -1.74. The first kappa shape index (κ1) is 19.0. The number of hydrogen-bond donors (Lipinski definition) is 1. The standard InChI is InChI=1S/C18H23N3O3S2/c1-15-7-8-18(25-15)26(23,24)21-13-11-20(12-14-21)10-9-17(22)19-16-5-3-2-4-6-16/h2-8H,9-14H2,1H3,(H,19,22). The molecule has 1 aliphatic rings. The number of carbonyl (C=O) groups is 1. The molecule has 1 aromatic heterocycles. The lowest BCUT2D eigenvalue weighted by Crippen LogP contribution is -2.48. The van der Waals surface area contributed by atoms with Crippen LogP contribution >= 0.6 is 11.3 Å². The zero-order chi connectivity index (χ0) is 18.6. The third-order valence-corrected chi connectivity index (χ3v) is 7.72. The van der Waals surface area contributed by atoms with Crippen molar-refractivity contribution in [2.24, 2.45) is 0 Å². The zero-order valence-electron chi connectivity index (χ0n) is 14.7. The van der Waals surface area contributed by atoms with Gasteiger partial charge in [0.25, 0.3) is 10.0 Å². The van der Waals surface area contributed by atoms with Crippen molar-refractivity contribution in [2.45, 2.75) is 17.6 Å². The van der Waals surface area contributed by atoms with Crippen LogP contribution in [0.1, 0.15) is 11.3 Å². The molecule has 6 nitrogen and oxygen atoms in total. The molecule has 0 bridgehead atoms. The fourth-order valence-corrected chi connectivity index (χ4v) is 5.74. The maximum atomic E-state index is 12.6. The van der Waals surface area contributed by atoms with Crippen LogP contribution in [-0.2, 0) is 14.8 Å². The monoisotopic (exact) mass is 393 g/mol. The van der Waals surface area contributed by atoms with E-state index in [-0.39, 0.29) is 5.91 Å². The second-order valence-electron chi connectivity index (χ2n) is 6.28. The van der Waals surface area contributed by atoms with Gasteiger partial charge in [0.05, 0.1) is 0 Å². The number of nitrogens with one attached hydrogen (secondary N) is 1. The number of sulfonamides is 1. The first-order valence-electron chi connectivity index (χ1n) is 8.59. The molecule has 1 saturated heterocycles. The van der Waals surface area contributed by atoms with E-state index in [1.165, 1.54) is 11.3 Å². The van der Waals surface area contributed by atoms with Gasteiger partial charge in [0.2, 0.25) is 5.91 Å². The third kappa shape index (κ3) is 4.70. The van der Waals surface area contributed by atoms with Crippen molar-refractivity contribution in [3.8, 4) is 0 Å². The summed E-state index contributed by atoms with van der Waals surface area (Å²) in [7, 11) is -3.39. The number of aryl methyl sites for hydroxylation is 1. The number of carbonyl (C=O) groups excluding carboxylic acids is 1. The van der Waals surface area contributed by atoms with Gasteiger partial charge in [-0.2, -0.15) is 4.31 Å². The van der Waals surface area contributed by atoms with E-state index in [9.17, 15) is 13.2 Å². The summed E-state index contributed by atoms with van der Waals surface area (Å²) in [6, 6.07) is 12.9. The minimum absolute atomic E-state index is 0.0275. The largest absolute Gasteiger partial charge is 0.326 e. The zero-order valence-corrected chi connectivity index (χ0v) is 16.4. The normalized spacial score (nSPS) is 16.5. The average Bonchev–Trinajstić information content (AvgIpc) is 3.08. The van der Waals surface area contributed by atoms with Crippen molar-refractivity contribution in [3.05, 3.63) is 47.3 Å². The Balaban J connectivity index is 1.46. The second kappa shape index (κ2) is 8.30. The number of piperazine rings is 1. The van der Waals surface area contributed by atoms with Crippen molar-refractivity contribution in [2.75, 3.05) is 38.0 Å². The fraction of sp³-hybridized carbons (Fsp3) is 0.389. The van der Waals surface area contributed by atoms with Crippen LogP contribution in [0.4, 0.5) is 5.69 Å². The summed E-state index contributed by atoms with van der Waals surface area (Å²) in [6.45, 7) is 4.73. The van der Waals surface area contributed by atoms with Gasteiger partial charge in [0.15, 0.2) is 0 Å². The van der Waals surface area contributed by atoms with Crippen LogP contribution in [0.2, 0.25) is 0 Å². The molecule has 2 heterocycles. The van der Waals surface area contributed by atoms with Crippen molar-refractivity contribution in [1.82, 2.24) is 9.21 Å². The molecule has 1 aromatic carbocycles. The molecule has 26 heavy (non-hydrogen) atoms. The van der Waals surface area contributed by atoms with Gasteiger partial charge in [-0.25, -0.2) is 8.42 Å². The number of thiophene rings is 1. The van der Waals surface area contributed by atoms with E-state index < -0.39 is 10.0 Å². The highest BCUT2D eigenvalue weighted by Gasteiger charge is 2.29. The van der Waals surface area contributed by atoms with Gasteiger partial charge in [-0.1, -0.05) is 18.2 Å². The molecule has 8 heteroatoms. The van der Waals surface area contributed by atoms with Crippen LogP contribution in [0.15, 0.2) is 46.7 Å². The summed E-state index contributed by atoms with van der Waals surface area (Å²) in [6.07, 6.45) is 0.395. The summed E-state index contributed by atoms with van der Waals surface area (Å²) in [5.74, 6) is -0.0275. The summed E-state index contributed by atoms with van der Waals surface area (Å²) < 4.78 is 27.2. The van der Waals surface area contributed by atoms with E-state index in [0.29, 0.717) is 43.4 Å². The molecule has 0 saturated carbocycles. The molecular weight excluding hydrogens is 370 g/mol. The first-order chi connectivity index (χ1) is 12.4. The van der Waals surface area contributed by atoms with E-state index in [1.54, 1.807) is 10.4 Å². The molecule has 1 fully saturated rings. The SMILES string of the molecule is Cc1ccc(S(=O)(=O)N2CCN(CCC(=O)Nc3ccccc3)CC2)s1. The molecule has 0 radical (unpaired) electrons. The third-order valence-electron chi connectivity index (χ3n) is 4.35. The summed E-state index contributed by atoms with van der Waals surface area (Å²) >= 11 is 1.31. The molecule has 2 aromatic rings. The average molecular weight is 394 g/mol. The Kier molecular flexibility index (Phi) is 6.08. The van der Waals surface area contributed by atoms with Gasteiger partial charge < -0.3 is 10.2 Å². The molecule has 0 unspecified atom stereocenters. The molecule has 1 amide bonds. The quantitative estimate of drug-likeness (QED) is 0.818. The van der Waals surface area contributed by atoms with E-state index >= 15 is 0 Å². The predicted molar refractivity (Wildman–Crippen MR) is 104 cm³/mol. The van der Waals surface area contributed by atoms with Crippen LogP contribution in [0, 0.1) is 6.92 Å². The van der Waals surface area contributed by atoms with Crippen LogP contribution in [0.3, 0.4) is 0 Å². The van der Waals surface area contributed by atoms with E-state index in [0.717, 1.165) is 10.6 Å². The molecule has 1 aliphatic heterocycles. The van der Waals surface area contributed by atoms with Crippen LogP contribution in [-0.4, -0.2) is 56.3 Å². The maximum absolute atomic E-state index is 12.6. The minimum Gasteiger partial charge on any atom is -0.326 e. The molecule has 3 rings (SSSR count). The van der Waals surface area contributed by atoms with Gasteiger partial charge in [-0.3, -0.25) is 4.79 Å². The van der Waals surface area contributed by atoms with Gasteiger partial charge in [-0.05, 0) is 31.2 Å². The molecule has 0 spiro atoms. The van der Waals surface area contributed by atoms with Crippen molar-refractivity contribution in [1.29, 1.82) is 0 Å².